The summed E-state index contributed by atoms with van der Waals surface area (Å²) in [6.45, 7) is 6.39. The lowest BCUT2D eigenvalue weighted by Gasteiger charge is -1.99. The normalized spacial score (nSPS) is 9.83. The molecular formula is C10H19NO. The van der Waals surface area contributed by atoms with E-state index in [0.717, 1.165) is 24.8 Å². The maximum absolute atomic E-state index is 11.1. The van der Waals surface area contributed by atoms with Gasteiger partial charge in [0.2, 0.25) is 0 Å². The van der Waals surface area contributed by atoms with Gasteiger partial charge in [0.25, 0.3) is 0 Å². The second-order valence-corrected chi connectivity index (χ2v) is 3.24. The first-order valence-electron chi connectivity index (χ1n) is 4.53. The highest BCUT2D eigenvalue weighted by Crippen LogP contribution is 2.05. The number of carbonyl (C=O) groups excluding carboxylic acids is 1. The van der Waals surface area contributed by atoms with E-state index in [4.69, 9.17) is 5.73 Å². The van der Waals surface area contributed by atoms with E-state index >= 15 is 0 Å². The van der Waals surface area contributed by atoms with E-state index in [1.807, 2.05) is 6.92 Å². The monoisotopic (exact) mass is 169 g/mol. The number of nitrogens with two attached hydrogens (primary N) is 1. The van der Waals surface area contributed by atoms with Crippen LogP contribution in [-0.2, 0) is 4.79 Å². The van der Waals surface area contributed by atoms with Crippen molar-refractivity contribution >= 4 is 5.78 Å². The SMILES string of the molecule is C=C(C)CCC(=O)CCCCN. The molecule has 0 rings (SSSR count). The zero-order valence-electron chi connectivity index (χ0n) is 7.94. The fourth-order valence-corrected chi connectivity index (χ4v) is 0.944. The van der Waals surface area contributed by atoms with E-state index in [-0.39, 0.29) is 0 Å². The van der Waals surface area contributed by atoms with Gasteiger partial charge in [0, 0.05) is 12.8 Å². The molecule has 0 unspecified atom stereocenters. The molecule has 0 aliphatic rings. The molecule has 0 atom stereocenters. The van der Waals surface area contributed by atoms with Crippen LogP contribution < -0.4 is 5.73 Å². The van der Waals surface area contributed by atoms with Crippen molar-refractivity contribution in [2.75, 3.05) is 6.54 Å². The van der Waals surface area contributed by atoms with Gasteiger partial charge in [-0.05, 0) is 32.7 Å². The number of rotatable bonds is 7. The van der Waals surface area contributed by atoms with Crippen molar-refractivity contribution in [1.82, 2.24) is 0 Å². The van der Waals surface area contributed by atoms with Crippen LogP contribution in [0.4, 0.5) is 0 Å². The van der Waals surface area contributed by atoms with Crippen molar-refractivity contribution in [1.29, 1.82) is 0 Å². The van der Waals surface area contributed by atoms with Crippen molar-refractivity contribution in [3.8, 4) is 0 Å². The van der Waals surface area contributed by atoms with Crippen LogP contribution in [0.15, 0.2) is 12.2 Å². The van der Waals surface area contributed by atoms with Gasteiger partial charge in [-0.3, -0.25) is 4.79 Å². The molecule has 0 saturated carbocycles. The van der Waals surface area contributed by atoms with E-state index in [1.165, 1.54) is 0 Å². The molecule has 0 heterocycles. The summed E-state index contributed by atoms with van der Waals surface area (Å²) in [5.41, 5.74) is 6.40. The Kier molecular flexibility index (Phi) is 6.67. The minimum atomic E-state index is 0.339. The highest BCUT2D eigenvalue weighted by molar-refractivity contribution is 5.78. The van der Waals surface area contributed by atoms with Gasteiger partial charge in [-0.2, -0.15) is 0 Å². The number of ketones is 1. The second kappa shape index (κ2) is 7.04. The van der Waals surface area contributed by atoms with Gasteiger partial charge in [-0.15, -0.1) is 6.58 Å². The van der Waals surface area contributed by atoms with Crippen LogP contribution in [0.3, 0.4) is 0 Å². The Bertz CT molecular complexity index is 152. The lowest BCUT2D eigenvalue weighted by molar-refractivity contribution is -0.119. The average Bonchev–Trinajstić information content (AvgIpc) is 2.01. The standard InChI is InChI=1S/C10H19NO/c1-9(2)6-7-10(12)5-3-4-8-11/h1,3-8,11H2,2H3. The highest BCUT2D eigenvalue weighted by Gasteiger charge is 2.00. The molecule has 2 nitrogen and oxygen atoms in total. The minimum Gasteiger partial charge on any atom is -0.330 e. The maximum Gasteiger partial charge on any atom is 0.133 e. The number of carbonyl (C=O) groups is 1. The summed E-state index contributed by atoms with van der Waals surface area (Å²) in [6, 6.07) is 0. The molecule has 0 saturated heterocycles. The third-order valence-electron chi connectivity index (χ3n) is 1.74. The first-order valence-corrected chi connectivity index (χ1v) is 4.53. The van der Waals surface area contributed by atoms with Crippen LogP contribution in [0, 0.1) is 0 Å². The zero-order chi connectivity index (χ0) is 9.40. The van der Waals surface area contributed by atoms with Crippen molar-refractivity contribution in [3.05, 3.63) is 12.2 Å². The fourth-order valence-electron chi connectivity index (χ4n) is 0.944. The van der Waals surface area contributed by atoms with Gasteiger partial charge in [0.1, 0.15) is 5.78 Å². The molecular weight excluding hydrogens is 150 g/mol. The summed E-state index contributed by atoms with van der Waals surface area (Å²) in [4.78, 5) is 11.1. The highest BCUT2D eigenvalue weighted by atomic mass is 16.1. The Balaban J connectivity index is 3.28. The summed E-state index contributed by atoms with van der Waals surface area (Å²) < 4.78 is 0. The van der Waals surface area contributed by atoms with Gasteiger partial charge in [0.05, 0.1) is 0 Å². The summed E-state index contributed by atoms with van der Waals surface area (Å²) in [6.07, 6.45) is 4.07. The van der Waals surface area contributed by atoms with E-state index in [2.05, 4.69) is 6.58 Å². The van der Waals surface area contributed by atoms with Gasteiger partial charge in [0.15, 0.2) is 0 Å². The molecule has 12 heavy (non-hydrogen) atoms. The van der Waals surface area contributed by atoms with Crippen molar-refractivity contribution in [2.45, 2.75) is 39.0 Å². The first-order chi connectivity index (χ1) is 5.66. The van der Waals surface area contributed by atoms with Crippen LogP contribution in [0.2, 0.25) is 0 Å². The summed E-state index contributed by atoms with van der Waals surface area (Å²) in [7, 11) is 0. The van der Waals surface area contributed by atoms with E-state index in [0.29, 0.717) is 25.2 Å². The lowest BCUT2D eigenvalue weighted by Crippen LogP contribution is -2.02. The zero-order valence-corrected chi connectivity index (χ0v) is 7.94. The molecule has 0 fully saturated rings. The predicted octanol–water partition coefficient (Wildman–Crippen LogP) is 2.04. The van der Waals surface area contributed by atoms with Crippen LogP contribution in [0.25, 0.3) is 0 Å². The van der Waals surface area contributed by atoms with E-state index in [1.54, 1.807) is 0 Å². The average molecular weight is 169 g/mol. The van der Waals surface area contributed by atoms with E-state index < -0.39 is 0 Å². The van der Waals surface area contributed by atoms with Crippen LogP contribution in [0.5, 0.6) is 0 Å². The molecule has 0 aromatic rings. The van der Waals surface area contributed by atoms with Crippen LogP contribution >= 0.6 is 0 Å². The molecule has 0 aromatic heterocycles. The Morgan fingerprint density at radius 3 is 2.42 bits per heavy atom. The number of Topliss-reactive ketones (excluding diaryl/α,β-unsaturated/α-hetero) is 1. The minimum absolute atomic E-state index is 0.339. The van der Waals surface area contributed by atoms with Crippen molar-refractivity contribution in [2.24, 2.45) is 5.73 Å². The third kappa shape index (κ3) is 7.48. The molecule has 0 aliphatic heterocycles. The van der Waals surface area contributed by atoms with E-state index in [9.17, 15) is 4.79 Å². The van der Waals surface area contributed by atoms with Gasteiger partial charge < -0.3 is 5.73 Å². The van der Waals surface area contributed by atoms with Gasteiger partial charge in [-0.25, -0.2) is 0 Å². The number of hydrogen-bond acceptors (Lipinski definition) is 2. The molecule has 0 aliphatic carbocycles. The first kappa shape index (κ1) is 11.4. The molecule has 70 valence electrons. The third-order valence-corrected chi connectivity index (χ3v) is 1.74. The lowest BCUT2D eigenvalue weighted by atomic mass is 10.1. The molecule has 0 aromatic carbocycles. The Labute approximate surface area is 74.8 Å². The number of allylic oxidation sites excluding steroid dienone is 1. The summed E-state index contributed by atoms with van der Waals surface area (Å²) in [5, 5.41) is 0. The molecule has 2 N–H and O–H groups in total. The van der Waals surface area contributed by atoms with Crippen molar-refractivity contribution < 1.29 is 4.79 Å². The quantitative estimate of drug-likeness (QED) is 0.468. The van der Waals surface area contributed by atoms with Gasteiger partial charge >= 0.3 is 0 Å². The molecule has 0 radical (unpaired) electrons. The number of unbranched alkanes of at least 4 members (excludes halogenated alkanes) is 1. The largest absolute Gasteiger partial charge is 0.330 e. The topological polar surface area (TPSA) is 43.1 Å². The Hall–Kier alpha value is -0.630. The molecule has 0 amide bonds. The molecule has 0 bridgehead atoms. The van der Waals surface area contributed by atoms with Crippen LogP contribution in [-0.4, -0.2) is 12.3 Å². The predicted molar refractivity (Wildman–Crippen MR) is 52.0 cm³/mol. The maximum atomic E-state index is 11.1. The molecule has 2 heteroatoms. The molecule has 0 spiro atoms. The summed E-state index contributed by atoms with van der Waals surface area (Å²) >= 11 is 0. The van der Waals surface area contributed by atoms with Crippen molar-refractivity contribution in [3.63, 3.8) is 0 Å². The fraction of sp³-hybridized carbons (Fsp3) is 0.700. The Morgan fingerprint density at radius 2 is 1.92 bits per heavy atom. The summed E-state index contributed by atoms with van der Waals surface area (Å²) in [5.74, 6) is 0.339. The number of hydrogen-bond donors (Lipinski definition) is 1. The van der Waals surface area contributed by atoms with Crippen LogP contribution in [0.1, 0.15) is 39.0 Å². The van der Waals surface area contributed by atoms with Gasteiger partial charge in [-0.1, -0.05) is 5.57 Å². The smallest absolute Gasteiger partial charge is 0.133 e. The Morgan fingerprint density at radius 1 is 1.25 bits per heavy atom. The second-order valence-electron chi connectivity index (χ2n) is 3.24.